The standard InChI is InChI=1S/C29H38O4/c1-20(30)32-19-27(3)13-8-14-28(4)22(27)12-16-29-18-17-26(2,15-11-23(28)29)25(29)33-24(31)21-9-6-5-7-10-21/h5-7,9-10,17-18,22-23,25H,8,11-16,19H2,1-4H3/t22?,23?,25-,26-,27-,28-,29?/m1/s1. The molecule has 0 saturated heterocycles. The molecule has 4 aliphatic carbocycles. The van der Waals surface area contributed by atoms with Crippen LogP contribution in [0, 0.1) is 33.5 Å². The van der Waals surface area contributed by atoms with Gasteiger partial charge in [-0.05, 0) is 67.9 Å². The van der Waals surface area contributed by atoms with Crippen molar-refractivity contribution in [1.29, 1.82) is 0 Å². The first-order chi connectivity index (χ1) is 15.6. The van der Waals surface area contributed by atoms with Gasteiger partial charge in [-0.1, -0.05) is 57.5 Å². The van der Waals surface area contributed by atoms with E-state index in [9.17, 15) is 9.59 Å². The maximum atomic E-state index is 13.2. The summed E-state index contributed by atoms with van der Waals surface area (Å²) in [6, 6.07) is 9.41. The van der Waals surface area contributed by atoms with Crippen molar-refractivity contribution in [1.82, 2.24) is 0 Å². The van der Waals surface area contributed by atoms with E-state index < -0.39 is 0 Å². The van der Waals surface area contributed by atoms with E-state index in [0.717, 1.165) is 32.1 Å². The third-order valence-corrected chi connectivity index (χ3v) is 10.1. The average Bonchev–Trinajstić information content (AvgIpc) is 2.94. The Kier molecular flexibility index (Phi) is 5.30. The Morgan fingerprint density at radius 1 is 0.939 bits per heavy atom. The molecule has 0 amide bonds. The van der Waals surface area contributed by atoms with Crippen molar-refractivity contribution in [2.75, 3.05) is 6.61 Å². The van der Waals surface area contributed by atoms with E-state index in [-0.39, 0.29) is 39.7 Å². The SMILES string of the molecule is CC(=O)OC[C@@]1(C)CCC[C@@]2(C)C3CC[C@]4(C)C=CC3(CCC12)[C@@H]4OC(=O)c1ccccc1. The van der Waals surface area contributed by atoms with Gasteiger partial charge in [0.25, 0.3) is 0 Å². The molecule has 3 saturated carbocycles. The summed E-state index contributed by atoms with van der Waals surface area (Å²) in [5.74, 6) is 0.598. The van der Waals surface area contributed by atoms with Gasteiger partial charge in [-0.15, -0.1) is 0 Å². The lowest BCUT2D eigenvalue weighted by molar-refractivity contribution is -0.197. The van der Waals surface area contributed by atoms with Gasteiger partial charge in [0.15, 0.2) is 0 Å². The molecule has 3 fully saturated rings. The molecule has 2 bridgehead atoms. The second-order valence-corrected chi connectivity index (χ2v) is 12.1. The number of carbonyl (C=O) groups is 2. The van der Waals surface area contributed by atoms with Crippen molar-refractivity contribution >= 4 is 11.9 Å². The first-order valence-electron chi connectivity index (χ1n) is 12.7. The van der Waals surface area contributed by atoms with Gasteiger partial charge in [0.05, 0.1) is 12.2 Å². The lowest BCUT2D eigenvalue weighted by atomic mass is 9.39. The number of benzene rings is 1. The van der Waals surface area contributed by atoms with Gasteiger partial charge >= 0.3 is 11.9 Å². The normalized spacial score (nSPS) is 43.3. The van der Waals surface area contributed by atoms with Crippen LogP contribution in [0.4, 0.5) is 0 Å². The van der Waals surface area contributed by atoms with Crippen LogP contribution in [0.5, 0.6) is 0 Å². The number of hydrogen-bond acceptors (Lipinski definition) is 4. The Hall–Kier alpha value is -2.10. The van der Waals surface area contributed by atoms with Crippen molar-refractivity contribution in [3.63, 3.8) is 0 Å². The van der Waals surface area contributed by atoms with Crippen molar-refractivity contribution in [3.05, 3.63) is 48.0 Å². The number of carbonyl (C=O) groups excluding carboxylic acids is 2. The van der Waals surface area contributed by atoms with Crippen LogP contribution < -0.4 is 0 Å². The molecule has 0 radical (unpaired) electrons. The molecule has 0 N–H and O–H groups in total. The molecule has 5 rings (SSSR count). The number of esters is 2. The van der Waals surface area contributed by atoms with Gasteiger partial charge in [0, 0.05) is 23.2 Å². The number of rotatable bonds is 4. The first kappa shape index (κ1) is 22.7. The predicted molar refractivity (Wildman–Crippen MR) is 127 cm³/mol. The molecule has 33 heavy (non-hydrogen) atoms. The van der Waals surface area contributed by atoms with E-state index >= 15 is 0 Å². The van der Waals surface area contributed by atoms with E-state index in [0.29, 0.717) is 24.0 Å². The number of hydrogen-bond donors (Lipinski definition) is 0. The highest BCUT2D eigenvalue weighted by Gasteiger charge is 2.68. The van der Waals surface area contributed by atoms with Gasteiger partial charge in [0.1, 0.15) is 6.10 Å². The summed E-state index contributed by atoms with van der Waals surface area (Å²) in [4.78, 5) is 24.8. The maximum Gasteiger partial charge on any atom is 0.338 e. The molecule has 178 valence electrons. The van der Waals surface area contributed by atoms with Crippen LogP contribution in [-0.2, 0) is 14.3 Å². The lowest BCUT2D eigenvalue weighted by Crippen LogP contribution is -2.62. The van der Waals surface area contributed by atoms with E-state index in [2.05, 4.69) is 32.9 Å². The monoisotopic (exact) mass is 450 g/mol. The Balaban J connectivity index is 1.47. The van der Waals surface area contributed by atoms with Gasteiger partial charge in [-0.3, -0.25) is 4.79 Å². The second-order valence-electron chi connectivity index (χ2n) is 12.1. The minimum absolute atomic E-state index is 0.0135. The molecule has 7 atom stereocenters. The summed E-state index contributed by atoms with van der Waals surface area (Å²) in [6.45, 7) is 9.12. The molecule has 1 aromatic rings. The summed E-state index contributed by atoms with van der Waals surface area (Å²) in [6.07, 6.45) is 12.5. The molecule has 3 unspecified atom stereocenters. The zero-order valence-corrected chi connectivity index (χ0v) is 20.6. The van der Waals surface area contributed by atoms with E-state index in [1.54, 1.807) is 0 Å². The summed E-state index contributed by atoms with van der Waals surface area (Å²) in [7, 11) is 0. The molecule has 1 aromatic carbocycles. The van der Waals surface area contributed by atoms with E-state index in [4.69, 9.17) is 9.47 Å². The molecule has 0 aliphatic heterocycles. The van der Waals surface area contributed by atoms with Crippen LogP contribution in [0.2, 0.25) is 0 Å². The highest BCUT2D eigenvalue weighted by atomic mass is 16.5. The van der Waals surface area contributed by atoms with Crippen LogP contribution in [0.25, 0.3) is 0 Å². The van der Waals surface area contributed by atoms with Crippen LogP contribution in [0.3, 0.4) is 0 Å². The zero-order valence-electron chi connectivity index (χ0n) is 20.6. The van der Waals surface area contributed by atoms with Crippen LogP contribution in [0.15, 0.2) is 42.5 Å². The fourth-order valence-electron chi connectivity index (χ4n) is 8.64. The first-order valence-corrected chi connectivity index (χ1v) is 12.7. The van der Waals surface area contributed by atoms with Gasteiger partial charge in [0.2, 0.25) is 0 Å². The van der Waals surface area contributed by atoms with E-state index in [1.807, 2.05) is 30.3 Å². The molecule has 1 spiro atoms. The Morgan fingerprint density at radius 3 is 2.39 bits per heavy atom. The highest BCUT2D eigenvalue weighted by molar-refractivity contribution is 5.89. The molecular formula is C29H38O4. The van der Waals surface area contributed by atoms with E-state index in [1.165, 1.54) is 19.8 Å². The van der Waals surface area contributed by atoms with Crippen LogP contribution in [-0.4, -0.2) is 24.6 Å². The fraction of sp³-hybridized carbons (Fsp3) is 0.655. The summed E-state index contributed by atoms with van der Waals surface area (Å²) >= 11 is 0. The summed E-state index contributed by atoms with van der Waals surface area (Å²) in [5, 5.41) is 0. The Labute approximate surface area is 198 Å². The molecule has 4 nitrogen and oxygen atoms in total. The second kappa shape index (κ2) is 7.71. The Bertz CT molecular complexity index is 969. The van der Waals surface area contributed by atoms with Crippen molar-refractivity contribution in [2.24, 2.45) is 33.5 Å². The van der Waals surface area contributed by atoms with Crippen LogP contribution >= 0.6 is 0 Å². The lowest BCUT2D eigenvalue weighted by Gasteiger charge is -2.65. The minimum Gasteiger partial charge on any atom is -0.465 e. The topological polar surface area (TPSA) is 52.6 Å². The third-order valence-electron chi connectivity index (χ3n) is 10.1. The molecule has 4 aliphatic rings. The fourth-order valence-corrected chi connectivity index (χ4v) is 8.64. The molecule has 0 aromatic heterocycles. The van der Waals surface area contributed by atoms with Gasteiger partial charge < -0.3 is 9.47 Å². The van der Waals surface area contributed by atoms with Crippen molar-refractivity contribution < 1.29 is 19.1 Å². The third kappa shape index (κ3) is 3.39. The smallest absolute Gasteiger partial charge is 0.338 e. The van der Waals surface area contributed by atoms with Crippen molar-refractivity contribution in [2.45, 2.75) is 78.7 Å². The average molecular weight is 451 g/mol. The van der Waals surface area contributed by atoms with Crippen molar-refractivity contribution in [3.8, 4) is 0 Å². The maximum absolute atomic E-state index is 13.2. The number of ether oxygens (including phenoxy) is 2. The Morgan fingerprint density at radius 2 is 1.67 bits per heavy atom. The number of fused-ring (bicyclic) bond motifs is 3. The van der Waals surface area contributed by atoms with Crippen LogP contribution in [0.1, 0.15) is 83.0 Å². The largest absolute Gasteiger partial charge is 0.465 e. The highest BCUT2D eigenvalue weighted by Crippen LogP contribution is 2.72. The molecular weight excluding hydrogens is 412 g/mol. The summed E-state index contributed by atoms with van der Waals surface area (Å²) < 4.78 is 12.0. The minimum atomic E-state index is -0.203. The summed E-state index contributed by atoms with van der Waals surface area (Å²) in [5.41, 5.74) is 0.603. The zero-order chi connectivity index (χ0) is 23.5. The molecule has 4 heteroatoms. The van der Waals surface area contributed by atoms with Gasteiger partial charge in [-0.2, -0.15) is 0 Å². The quantitative estimate of drug-likeness (QED) is 0.396. The van der Waals surface area contributed by atoms with Gasteiger partial charge in [-0.25, -0.2) is 4.79 Å². The molecule has 0 heterocycles. The predicted octanol–water partition coefficient (Wildman–Crippen LogP) is 6.35.